The molecule has 1 rings (SSSR count). The van der Waals surface area contributed by atoms with Gasteiger partial charge in [-0.25, -0.2) is 0 Å². The number of methoxy groups -OCH3 is 1. The molecule has 0 saturated carbocycles. The van der Waals surface area contributed by atoms with E-state index in [4.69, 9.17) is 27.2 Å². The van der Waals surface area contributed by atoms with Crippen LogP contribution in [0.25, 0.3) is 0 Å². The number of ether oxygens (including phenoxy) is 1. The van der Waals surface area contributed by atoms with E-state index in [0.717, 1.165) is 16.9 Å². The summed E-state index contributed by atoms with van der Waals surface area (Å²) >= 11 is 12.4. The summed E-state index contributed by atoms with van der Waals surface area (Å²) in [6.07, 6.45) is -3.49. The van der Waals surface area contributed by atoms with Crippen LogP contribution < -0.4 is 10.0 Å². The summed E-state index contributed by atoms with van der Waals surface area (Å²) in [5.41, 5.74) is 1.52. The topological polar surface area (TPSA) is 29.5 Å². The molecule has 0 spiro atoms. The molecule has 0 unspecified atom stereocenters. The maximum absolute atomic E-state index is 10.4. The number of rotatable bonds is 2. The fourth-order valence-corrected chi connectivity index (χ4v) is 5.00. The molecule has 0 radical (unpaired) electrons. The van der Waals surface area contributed by atoms with Gasteiger partial charge in [-0.05, 0) is 0 Å². The normalized spacial score (nSPS) is 14.3. The van der Waals surface area contributed by atoms with E-state index in [9.17, 15) is 4.89 Å². The zero-order valence-corrected chi connectivity index (χ0v) is 15.8. The van der Waals surface area contributed by atoms with Crippen molar-refractivity contribution < 1.29 is 9.63 Å². The van der Waals surface area contributed by atoms with Crippen molar-refractivity contribution in [2.24, 2.45) is 0 Å². The molecule has 0 aliphatic heterocycles. The summed E-state index contributed by atoms with van der Waals surface area (Å²) in [6.45, 7) is 12.5. The van der Waals surface area contributed by atoms with Crippen LogP contribution >= 0.6 is 28.7 Å². The van der Waals surface area contributed by atoms with E-state index in [0.29, 0.717) is 5.30 Å². The quantitative estimate of drug-likeness (QED) is 0.778. The molecule has 0 amide bonds. The molecule has 20 heavy (non-hydrogen) atoms. The SMILES string of the molecule is COc1cc(C(C)(C)C)c([PH](O)(Cl)Cl)c(C(C)(C)C)c1. The summed E-state index contributed by atoms with van der Waals surface area (Å²) < 4.78 is 5.40. The van der Waals surface area contributed by atoms with Crippen molar-refractivity contribution in [2.75, 3.05) is 7.11 Å². The molecule has 0 aliphatic rings. The van der Waals surface area contributed by atoms with E-state index in [1.165, 1.54) is 0 Å². The number of hydrogen-bond donors (Lipinski definition) is 1. The molecule has 1 aromatic carbocycles. The van der Waals surface area contributed by atoms with E-state index < -0.39 is 6.19 Å². The summed E-state index contributed by atoms with van der Waals surface area (Å²) in [5.74, 6) is 0.759. The van der Waals surface area contributed by atoms with Crippen molar-refractivity contribution in [2.45, 2.75) is 52.4 Å². The Hall–Kier alpha value is -0.0100. The van der Waals surface area contributed by atoms with Crippen molar-refractivity contribution in [1.29, 1.82) is 0 Å². The third-order valence-corrected chi connectivity index (χ3v) is 5.54. The Kier molecular flexibility index (Phi) is 5.09. The van der Waals surface area contributed by atoms with Crippen LogP contribution in [0.1, 0.15) is 52.7 Å². The van der Waals surface area contributed by atoms with Crippen molar-refractivity contribution in [1.82, 2.24) is 0 Å². The predicted molar refractivity (Wildman–Crippen MR) is 92.3 cm³/mol. The first-order valence-electron chi connectivity index (χ1n) is 6.62. The molecule has 0 heterocycles. The molecule has 1 N–H and O–H groups in total. The Labute approximate surface area is 132 Å². The van der Waals surface area contributed by atoms with Gasteiger partial charge in [0.25, 0.3) is 0 Å². The van der Waals surface area contributed by atoms with Gasteiger partial charge in [-0.2, -0.15) is 0 Å². The van der Waals surface area contributed by atoms with Crippen molar-refractivity contribution >= 4 is 34.0 Å². The summed E-state index contributed by atoms with van der Waals surface area (Å²) in [7, 11) is 1.64. The number of halogens is 2. The Morgan fingerprint density at radius 3 is 1.50 bits per heavy atom. The summed E-state index contributed by atoms with van der Waals surface area (Å²) in [5, 5.41) is 0.696. The minimum atomic E-state index is -3.49. The van der Waals surface area contributed by atoms with Crippen LogP contribution in [-0.4, -0.2) is 12.0 Å². The van der Waals surface area contributed by atoms with Crippen molar-refractivity contribution in [3.05, 3.63) is 23.3 Å². The fraction of sp³-hybridized carbons (Fsp3) is 0.600. The third-order valence-electron chi connectivity index (χ3n) is 3.26. The first-order chi connectivity index (χ1) is 8.78. The molecular weight excluding hydrogens is 314 g/mol. The van der Waals surface area contributed by atoms with Gasteiger partial charge in [-0.1, -0.05) is 0 Å². The van der Waals surface area contributed by atoms with E-state index in [2.05, 4.69) is 41.5 Å². The summed E-state index contributed by atoms with van der Waals surface area (Å²) in [4.78, 5) is 10.4. The van der Waals surface area contributed by atoms with Gasteiger partial charge in [-0.3, -0.25) is 0 Å². The third kappa shape index (κ3) is 4.01. The van der Waals surface area contributed by atoms with Crippen LogP contribution in [0.2, 0.25) is 0 Å². The van der Waals surface area contributed by atoms with Gasteiger partial charge in [-0.15, -0.1) is 0 Å². The summed E-state index contributed by atoms with van der Waals surface area (Å²) in [6, 6.07) is 3.85. The second kappa shape index (κ2) is 5.65. The average Bonchev–Trinajstić information content (AvgIpc) is 2.23. The van der Waals surface area contributed by atoms with E-state index in [1.807, 2.05) is 12.1 Å². The molecule has 0 aromatic heterocycles. The zero-order chi connectivity index (χ0) is 15.9. The maximum atomic E-state index is 10.4. The second-order valence-electron chi connectivity index (χ2n) is 7.14. The van der Waals surface area contributed by atoms with Gasteiger partial charge in [0.15, 0.2) is 0 Å². The average molecular weight is 339 g/mol. The molecule has 0 bridgehead atoms. The van der Waals surface area contributed by atoms with E-state index in [-0.39, 0.29) is 10.8 Å². The predicted octanol–water partition coefficient (Wildman–Crippen LogP) is 4.88. The first kappa shape index (κ1) is 18.0. The van der Waals surface area contributed by atoms with Gasteiger partial charge >= 0.3 is 132 Å². The minimum absolute atomic E-state index is 0.186. The molecule has 0 aliphatic carbocycles. The van der Waals surface area contributed by atoms with Crippen LogP contribution in [0.4, 0.5) is 0 Å². The first-order valence-corrected chi connectivity index (χ1v) is 10.6. The van der Waals surface area contributed by atoms with Crippen LogP contribution in [-0.2, 0) is 10.8 Å². The molecule has 0 atom stereocenters. The standard InChI is InChI=1S/C15H25Cl2O2P/c1-14(2,3)11-8-10(19-7)9-12(15(4,5)6)13(11)20(16,17)18/h8-9,18,20H,1-7H3. The van der Waals surface area contributed by atoms with Crippen molar-refractivity contribution in [3.63, 3.8) is 0 Å². The fourth-order valence-electron chi connectivity index (χ4n) is 2.24. The zero-order valence-electron chi connectivity index (χ0n) is 13.3. The van der Waals surface area contributed by atoms with Gasteiger partial charge in [0, 0.05) is 0 Å². The van der Waals surface area contributed by atoms with Gasteiger partial charge in [0.2, 0.25) is 0 Å². The molecule has 2 nitrogen and oxygen atoms in total. The molecule has 1 aromatic rings. The number of hydrogen-bond acceptors (Lipinski definition) is 2. The van der Waals surface area contributed by atoms with E-state index in [1.54, 1.807) is 7.11 Å². The van der Waals surface area contributed by atoms with Crippen molar-refractivity contribution in [3.8, 4) is 5.75 Å². The van der Waals surface area contributed by atoms with Gasteiger partial charge in [0.05, 0.1) is 0 Å². The molecule has 0 fully saturated rings. The van der Waals surface area contributed by atoms with Crippen LogP contribution in [0.3, 0.4) is 0 Å². The second-order valence-corrected chi connectivity index (χ2v) is 12.6. The molecular formula is C15H25Cl2O2P. The molecule has 116 valence electrons. The van der Waals surface area contributed by atoms with Crippen LogP contribution in [0.5, 0.6) is 5.75 Å². The number of benzene rings is 1. The van der Waals surface area contributed by atoms with Crippen LogP contribution in [0.15, 0.2) is 12.1 Å². The Morgan fingerprint density at radius 2 is 1.30 bits per heavy atom. The van der Waals surface area contributed by atoms with E-state index >= 15 is 0 Å². The Bertz CT molecular complexity index is 459. The van der Waals surface area contributed by atoms with Gasteiger partial charge in [0.1, 0.15) is 0 Å². The molecule has 0 saturated heterocycles. The molecule has 5 heteroatoms. The Balaban J connectivity index is 3.83. The Morgan fingerprint density at radius 1 is 0.950 bits per heavy atom. The van der Waals surface area contributed by atoms with Gasteiger partial charge < -0.3 is 0 Å². The van der Waals surface area contributed by atoms with Crippen LogP contribution in [0, 0.1) is 0 Å². The monoisotopic (exact) mass is 338 g/mol.